The third kappa shape index (κ3) is 2.68. The summed E-state index contributed by atoms with van der Waals surface area (Å²) in [5.41, 5.74) is 1.09. The fourth-order valence-corrected chi connectivity index (χ4v) is 2.29. The Hall–Kier alpha value is -1.75. The molecule has 0 saturated heterocycles. The number of benzene rings is 1. The van der Waals surface area contributed by atoms with E-state index in [4.69, 9.17) is 0 Å². The summed E-state index contributed by atoms with van der Waals surface area (Å²) in [4.78, 5) is 16.0. The molecule has 0 aliphatic carbocycles. The summed E-state index contributed by atoms with van der Waals surface area (Å²) < 4.78 is 22.2. The van der Waals surface area contributed by atoms with E-state index in [2.05, 4.69) is 4.98 Å². The number of aromatic nitrogens is 1. The van der Waals surface area contributed by atoms with Gasteiger partial charge in [0.1, 0.15) is 5.75 Å². The fraction of sp³-hybridized carbons (Fsp3) is 0.167. The molecule has 0 fully saturated rings. The molecular weight excluding hydrogens is 238 g/mol. The molecule has 5 heteroatoms. The van der Waals surface area contributed by atoms with Crippen molar-refractivity contribution in [3.63, 3.8) is 0 Å². The van der Waals surface area contributed by atoms with Gasteiger partial charge in [-0.05, 0) is 12.1 Å². The number of carbonyl (C=O) groups excluding carboxylic acids is 1. The lowest BCUT2D eigenvalue weighted by Gasteiger charge is -2.04. The normalized spacial score (nSPS) is 11.6. The van der Waals surface area contributed by atoms with Crippen LogP contribution in [-0.4, -0.2) is 31.2 Å². The van der Waals surface area contributed by atoms with Gasteiger partial charge in [0.25, 0.3) is 0 Å². The third-order valence-corrected chi connectivity index (χ3v) is 3.13. The molecule has 0 unspecified atom stereocenters. The number of hydrogen-bond acceptors (Lipinski definition) is 4. The van der Waals surface area contributed by atoms with Crippen LogP contribution in [0.3, 0.4) is 0 Å². The average molecular weight is 249 g/mol. The largest absolute Gasteiger partial charge is 0.293 e. The van der Waals surface area contributed by atoms with E-state index in [0.29, 0.717) is 16.5 Å². The van der Waals surface area contributed by atoms with Crippen molar-refractivity contribution in [2.75, 3.05) is 12.0 Å². The maximum atomic E-state index is 11.9. The van der Waals surface area contributed by atoms with Gasteiger partial charge in [-0.15, -0.1) is 0 Å². The summed E-state index contributed by atoms with van der Waals surface area (Å²) in [7, 11) is -3.31. The first-order chi connectivity index (χ1) is 7.97. The molecule has 0 aliphatic rings. The molecule has 0 amide bonds. The Balaban J connectivity index is 2.52. The van der Waals surface area contributed by atoms with Crippen molar-refractivity contribution in [1.82, 2.24) is 4.98 Å². The van der Waals surface area contributed by atoms with E-state index in [-0.39, 0.29) is 0 Å². The quantitative estimate of drug-likeness (QED) is 0.772. The summed E-state index contributed by atoms with van der Waals surface area (Å²) in [5.74, 6) is -0.868. The predicted molar refractivity (Wildman–Crippen MR) is 65.8 cm³/mol. The van der Waals surface area contributed by atoms with E-state index in [0.717, 1.165) is 6.26 Å². The highest BCUT2D eigenvalue weighted by molar-refractivity contribution is 7.91. The monoisotopic (exact) mass is 249 g/mol. The molecule has 1 aromatic heterocycles. The number of Topliss-reactive ketones (excluding diaryl/α,β-unsaturated/α-hetero) is 1. The molecule has 88 valence electrons. The molecule has 1 aromatic carbocycles. The zero-order valence-corrected chi connectivity index (χ0v) is 10.1. The summed E-state index contributed by atoms with van der Waals surface area (Å²) in [6.45, 7) is 0. The van der Waals surface area contributed by atoms with Gasteiger partial charge in [0, 0.05) is 23.4 Å². The van der Waals surface area contributed by atoms with Crippen molar-refractivity contribution in [3.8, 4) is 0 Å². The lowest BCUT2D eigenvalue weighted by molar-refractivity contribution is 0.102. The predicted octanol–water partition coefficient (Wildman–Crippen LogP) is 1.46. The molecule has 0 N–H and O–H groups in total. The second-order valence-corrected chi connectivity index (χ2v) is 6.01. The van der Waals surface area contributed by atoms with Gasteiger partial charge >= 0.3 is 0 Å². The Morgan fingerprint density at radius 3 is 2.71 bits per heavy atom. The number of rotatable bonds is 3. The van der Waals surface area contributed by atoms with E-state index in [1.807, 2.05) is 0 Å². The maximum Gasteiger partial charge on any atom is 0.178 e. The van der Waals surface area contributed by atoms with E-state index < -0.39 is 21.4 Å². The molecule has 0 aliphatic heterocycles. The third-order valence-electron chi connectivity index (χ3n) is 2.34. The van der Waals surface area contributed by atoms with Crippen molar-refractivity contribution in [1.29, 1.82) is 0 Å². The van der Waals surface area contributed by atoms with E-state index in [1.54, 1.807) is 36.5 Å². The van der Waals surface area contributed by atoms with Gasteiger partial charge in [-0.1, -0.05) is 18.2 Å². The van der Waals surface area contributed by atoms with Crippen molar-refractivity contribution >= 4 is 26.5 Å². The summed E-state index contributed by atoms with van der Waals surface area (Å²) in [6, 6.07) is 8.59. The Labute approximate surface area is 99.2 Å². The molecule has 0 spiro atoms. The molecule has 0 radical (unpaired) electrons. The van der Waals surface area contributed by atoms with Crippen molar-refractivity contribution in [3.05, 3.63) is 42.1 Å². The van der Waals surface area contributed by atoms with E-state index in [1.165, 1.54) is 0 Å². The highest BCUT2D eigenvalue weighted by atomic mass is 32.2. The van der Waals surface area contributed by atoms with Crippen molar-refractivity contribution in [2.45, 2.75) is 0 Å². The summed E-state index contributed by atoms with van der Waals surface area (Å²) in [6.07, 6.45) is 2.68. The minimum Gasteiger partial charge on any atom is -0.293 e. The van der Waals surface area contributed by atoms with Crippen LogP contribution in [0.25, 0.3) is 10.9 Å². The number of sulfone groups is 1. The van der Waals surface area contributed by atoms with Crippen LogP contribution in [0.4, 0.5) is 0 Å². The Kier molecular flexibility index (Phi) is 2.93. The fourth-order valence-electron chi connectivity index (χ4n) is 1.66. The highest BCUT2D eigenvalue weighted by Gasteiger charge is 2.15. The molecule has 0 bridgehead atoms. The molecule has 2 aromatic rings. The van der Waals surface area contributed by atoms with Gasteiger partial charge in [-0.25, -0.2) is 8.42 Å². The van der Waals surface area contributed by atoms with Crippen molar-refractivity contribution in [2.24, 2.45) is 0 Å². The molecule has 2 rings (SSSR count). The SMILES string of the molecule is CS(=O)(=O)CC(=O)c1cccc2ncccc12. The van der Waals surface area contributed by atoms with E-state index >= 15 is 0 Å². The molecular formula is C12H11NO3S. The lowest BCUT2D eigenvalue weighted by atomic mass is 10.1. The average Bonchev–Trinajstić information content (AvgIpc) is 2.26. The zero-order valence-electron chi connectivity index (χ0n) is 9.25. The molecule has 0 saturated carbocycles. The Morgan fingerprint density at radius 1 is 1.24 bits per heavy atom. The van der Waals surface area contributed by atoms with Crippen LogP contribution >= 0.6 is 0 Å². The lowest BCUT2D eigenvalue weighted by Crippen LogP contribution is -2.14. The van der Waals surface area contributed by atoms with Crippen LogP contribution in [0.1, 0.15) is 10.4 Å². The first-order valence-corrected chi connectivity index (χ1v) is 7.08. The molecule has 0 atom stereocenters. The van der Waals surface area contributed by atoms with Crippen LogP contribution < -0.4 is 0 Å². The van der Waals surface area contributed by atoms with Gasteiger partial charge in [-0.3, -0.25) is 9.78 Å². The first kappa shape index (κ1) is 11.7. The van der Waals surface area contributed by atoms with Gasteiger partial charge < -0.3 is 0 Å². The topological polar surface area (TPSA) is 64.1 Å². The number of carbonyl (C=O) groups is 1. The van der Waals surface area contributed by atoms with E-state index in [9.17, 15) is 13.2 Å². The maximum absolute atomic E-state index is 11.9. The van der Waals surface area contributed by atoms with Gasteiger partial charge in [0.2, 0.25) is 0 Å². The first-order valence-electron chi connectivity index (χ1n) is 5.02. The number of nitrogens with zero attached hydrogens (tertiary/aromatic N) is 1. The van der Waals surface area contributed by atoms with Crippen LogP contribution in [0.5, 0.6) is 0 Å². The second-order valence-electron chi connectivity index (χ2n) is 3.87. The highest BCUT2D eigenvalue weighted by Crippen LogP contribution is 2.17. The smallest absolute Gasteiger partial charge is 0.178 e. The standard InChI is InChI=1S/C12H11NO3S/c1-17(15,16)8-12(14)10-4-2-6-11-9(10)5-3-7-13-11/h2-7H,8H2,1H3. The number of ketones is 1. The minimum absolute atomic E-state index is 0.397. The van der Waals surface area contributed by atoms with Crippen LogP contribution in [-0.2, 0) is 9.84 Å². The molecule has 17 heavy (non-hydrogen) atoms. The van der Waals surface area contributed by atoms with Gasteiger partial charge in [0.05, 0.1) is 5.52 Å². The van der Waals surface area contributed by atoms with Crippen molar-refractivity contribution < 1.29 is 13.2 Å². The van der Waals surface area contributed by atoms with Crippen LogP contribution in [0.2, 0.25) is 0 Å². The minimum atomic E-state index is -3.31. The second kappa shape index (κ2) is 4.25. The summed E-state index contributed by atoms with van der Waals surface area (Å²) >= 11 is 0. The number of fused-ring (bicyclic) bond motifs is 1. The number of pyridine rings is 1. The Bertz CT molecular complexity index is 672. The molecule has 1 heterocycles. The van der Waals surface area contributed by atoms with Gasteiger partial charge in [-0.2, -0.15) is 0 Å². The zero-order chi connectivity index (χ0) is 12.5. The Morgan fingerprint density at radius 2 is 2.00 bits per heavy atom. The van der Waals surface area contributed by atoms with Gasteiger partial charge in [0.15, 0.2) is 15.6 Å². The van der Waals surface area contributed by atoms with Crippen LogP contribution in [0.15, 0.2) is 36.5 Å². The number of hydrogen-bond donors (Lipinski definition) is 0. The molecule has 4 nitrogen and oxygen atoms in total. The van der Waals surface area contributed by atoms with Crippen LogP contribution in [0, 0.1) is 0 Å². The summed E-state index contributed by atoms with van der Waals surface area (Å²) in [5, 5.41) is 0.684.